The van der Waals surface area contributed by atoms with Crippen LogP contribution in [0.3, 0.4) is 0 Å². The van der Waals surface area contributed by atoms with Crippen LogP contribution in [0.15, 0.2) is 29.5 Å². The van der Waals surface area contributed by atoms with Gasteiger partial charge in [-0.05, 0) is 32.0 Å². The Balaban J connectivity index is 2.09. The Labute approximate surface area is 138 Å². The fourth-order valence-corrected chi connectivity index (χ4v) is 2.35. The van der Waals surface area contributed by atoms with E-state index in [-0.39, 0.29) is 19.2 Å². The van der Waals surface area contributed by atoms with Crippen molar-refractivity contribution >= 4 is 12.0 Å². The topological polar surface area (TPSA) is 84.0 Å². The van der Waals surface area contributed by atoms with Crippen LogP contribution in [-0.2, 0) is 9.53 Å². The molecule has 0 bridgehead atoms. The first-order valence-corrected chi connectivity index (χ1v) is 7.64. The highest BCUT2D eigenvalue weighted by atomic mass is 19.2. The minimum atomic E-state index is -0.908. The lowest BCUT2D eigenvalue weighted by Gasteiger charge is -2.21. The predicted octanol–water partition coefficient (Wildman–Crippen LogP) is 0.719. The van der Waals surface area contributed by atoms with E-state index in [2.05, 4.69) is 10.6 Å². The molecule has 4 N–H and O–H groups in total. The van der Waals surface area contributed by atoms with Gasteiger partial charge in [0.05, 0.1) is 24.4 Å². The van der Waals surface area contributed by atoms with Crippen molar-refractivity contribution in [3.63, 3.8) is 0 Å². The van der Waals surface area contributed by atoms with E-state index in [9.17, 15) is 18.4 Å². The molecule has 1 heterocycles. The van der Waals surface area contributed by atoms with Crippen LogP contribution in [0.5, 0.6) is 0 Å². The molecule has 130 valence electrons. The molecule has 0 aliphatic carbocycles. The normalized spacial score (nSPS) is 15.6. The first-order chi connectivity index (χ1) is 11.4. The fourth-order valence-electron chi connectivity index (χ4n) is 2.35. The first-order valence-electron chi connectivity index (χ1n) is 7.64. The van der Waals surface area contributed by atoms with Crippen molar-refractivity contribution in [1.29, 1.82) is 0 Å². The van der Waals surface area contributed by atoms with Crippen molar-refractivity contribution in [2.24, 2.45) is 0 Å². The number of nitrogens with two attached hydrogens (primary N) is 1. The number of hydrogen-bond donors (Lipinski definition) is 3. The van der Waals surface area contributed by atoms with E-state index in [1.54, 1.807) is 6.92 Å². The molecule has 0 saturated carbocycles. The minimum absolute atomic E-state index is 0.0907. The summed E-state index contributed by atoms with van der Waals surface area (Å²) in [4.78, 5) is 23.4. The first kappa shape index (κ1) is 17.9. The number of hydrogen-bond acceptors (Lipinski definition) is 3. The lowest BCUT2D eigenvalue weighted by molar-refractivity contribution is -0.686. The number of carbonyl (C=O) groups excluding carboxylic acids is 2. The SMILES string of the molecule is CCOC(=O)C1=C(C[NH2+][C@@H](C)c2ccc(F)c(F)c2)NC(=O)NC1. The molecule has 8 heteroatoms. The molecule has 1 aliphatic heterocycles. The van der Waals surface area contributed by atoms with Crippen molar-refractivity contribution in [2.45, 2.75) is 19.9 Å². The smallest absolute Gasteiger partial charge is 0.337 e. The van der Waals surface area contributed by atoms with Crippen LogP contribution in [0.4, 0.5) is 13.6 Å². The molecule has 0 aromatic heterocycles. The predicted molar refractivity (Wildman–Crippen MR) is 81.8 cm³/mol. The number of urea groups is 1. The third-order valence-electron chi connectivity index (χ3n) is 3.72. The lowest BCUT2D eigenvalue weighted by atomic mass is 10.1. The standard InChI is InChI=1S/C16H19F2N3O3/c1-3-24-15(22)11-7-20-16(23)21-14(11)8-19-9(2)10-4-5-12(17)13(18)6-10/h4-6,9,19H,3,7-8H2,1-2H3,(H2,20,21,23)/p+1/t9-/m0/s1. The van der Waals surface area contributed by atoms with Gasteiger partial charge in [0, 0.05) is 5.56 Å². The van der Waals surface area contributed by atoms with E-state index in [1.165, 1.54) is 6.07 Å². The number of benzene rings is 1. The number of carbonyl (C=O) groups is 2. The van der Waals surface area contributed by atoms with Gasteiger partial charge in [0.25, 0.3) is 0 Å². The molecular formula is C16H20F2N3O3+. The summed E-state index contributed by atoms with van der Waals surface area (Å²) in [7, 11) is 0. The molecule has 2 rings (SSSR count). The van der Waals surface area contributed by atoms with Crippen molar-refractivity contribution in [2.75, 3.05) is 19.7 Å². The number of rotatable bonds is 6. The van der Waals surface area contributed by atoms with Gasteiger partial charge in [0.15, 0.2) is 11.6 Å². The molecule has 1 atom stereocenters. The van der Waals surface area contributed by atoms with E-state index >= 15 is 0 Å². The maximum absolute atomic E-state index is 13.3. The highest BCUT2D eigenvalue weighted by Gasteiger charge is 2.25. The van der Waals surface area contributed by atoms with Gasteiger partial charge < -0.3 is 20.7 Å². The van der Waals surface area contributed by atoms with Crippen LogP contribution >= 0.6 is 0 Å². The zero-order chi connectivity index (χ0) is 17.7. The number of nitrogens with one attached hydrogen (secondary N) is 2. The zero-order valence-electron chi connectivity index (χ0n) is 13.5. The van der Waals surface area contributed by atoms with E-state index in [4.69, 9.17) is 4.74 Å². The fraction of sp³-hybridized carbons (Fsp3) is 0.375. The molecule has 1 aliphatic rings. The van der Waals surface area contributed by atoms with Crippen molar-refractivity contribution in [3.05, 3.63) is 46.7 Å². The molecule has 2 amide bonds. The van der Waals surface area contributed by atoms with Gasteiger partial charge >= 0.3 is 12.0 Å². The summed E-state index contributed by atoms with van der Waals surface area (Å²) in [6.07, 6.45) is 0. The van der Waals surface area contributed by atoms with Crippen LogP contribution in [0.2, 0.25) is 0 Å². The van der Waals surface area contributed by atoms with E-state index in [1.807, 2.05) is 12.2 Å². The van der Waals surface area contributed by atoms with Gasteiger partial charge in [-0.3, -0.25) is 0 Å². The highest BCUT2D eigenvalue weighted by Crippen LogP contribution is 2.13. The van der Waals surface area contributed by atoms with Crippen molar-refractivity contribution in [1.82, 2.24) is 10.6 Å². The van der Waals surface area contributed by atoms with Crippen LogP contribution in [0.25, 0.3) is 0 Å². The third-order valence-corrected chi connectivity index (χ3v) is 3.72. The van der Waals surface area contributed by atoms with Gasteiger partial charge in [-0.15, -0.1) is 0 Å². The molecule has 0 fully saturated rings. The number of halogens is 2. The molecule has 0 unspecified atom stereocenters. The Morgan fingerprint density at radius 3 is 2.79 bits per heavy atom. The molecule has 0 spiro atoms. The molecule has 24 heavy (non-hydrogen) atoms. The second-order valence-electron chi connectivity index (χ2n) is 5.39. The molecule has 6 nitrogen and oxygen atoms in total. The van der Waals surface area contributed by atoms with Crippen LogP contribution in [0, 0.1) is 11.6 Å². The quantitative estimate of drug-likeness (QED) is 0.667. The summed E-state index contributed by atoms with van der Waals surface area (Å²) in [5.41, 5.74) is 1.41. The largest absolute Gasteiger partial charge is 0.463 e. The molecule has 0 radical (unpaired) electrons. The molecule has 1 aromatic carbocycles. The van der Waals surface area contributed by atoms with Gasteiger partial charge in [-0.1, -0.05) is 0 Å². The van der Waals surface area contributed by atoms with Gasteiger partial charge in [0.1, 0.15) is 12.6 Å². The minimum Gasteiger partial charge on any atom is -0.463 e. The Bertz CT molecular complexity index is 677. The third kappa shape index (κ3) is 4.29. The zero-order valence-corrected chi connectivity index (χ0v) is 13.5. The summed E-state index contributed by atoms with van der Waals surface area (Å²) in [5, 5.41) is 6.93. The second kappa shape index (κ2) is 7.87. The Morgan fingerprint density at radius 1 is 1.38 bits per heavy atom. The van der Waals surface area contributed by atoms with Crippen molar-refractivity contribution < 1.29 is 28.4 Å². The maximum Gasteiger partial charge on any atom is 0.337 e. The molecule has 1 aromatic rings. The Hall–Kier alpha value is -2.48. The van der Waals surface area contributed by atoms with Gasteiger partial charge in [-0.25, -0.2) is 18.4 Å². The number of amides is 2. The Kier molecular flexibility index (Phi) is 5.86. The van der Waals surface area contributed by atoms with E-state index in [0.29, 0.717) is 23.4 Å². The van der Waals surface area contributed by atoms with Crippen molar-refractivity contribution in [3.8, 4) is 0 Å². The summed E-state index contributed by atoms with van der Waals surface area (Å²) in [6, 6.07) is 3.12. The average Bonchev–Trinajstić information content (AvgIpc) is 2.55. The van der Waals surface area contributed by atoms with Crippen LogP contribution < -0.4 is 16.0 Å². The monoisotopic (exact) mass is 340 g/mol. The van der Waals surface area contributed by atoms with Crippen LogP contribution in [-0.4, -0.2) is 31.7 Å². The summed E-state index contributed by atoms with van der Waals surface area (Å²) < 4.78 is 31.3. The Morgan fingerprint density at radius 2 is 2.12 bits per heavy atom. The second-order valence-corrected chi connectivity index (χ2v) is 5.39. The van der Waals surface area contributed by atoms with E-state index < -0.39 is 23.6 Å². The summed E-state index contributed by atoms with van der Waals surface area (Å²) in [5.74, 6) is -2.30. The van der Waals surface area contributed by atoms with Crippen LogP contribution in [0.1, 0.15) is 25.5 Å². The molecule has 0 saturated heterocycles. The lowest BCUT2D eigenvalue weighted by Crippen LogP contribution is -2.86. The number of quaternary nitrogens is 1. The average molecular weight is 340 g/mol. The highest BCUT2D eigenvalue weighted by molar-refractivity contribution is 5.93. The summed E-state index contributed by atoms with van der Waals surface area (Å²) >= 11 is 0. The molecular weight excluding hydrogens is 320 g/mol. The maximum atomic E-state index is 13.3. The van der Waals surface area contributed by atoms with Gasteiger partial charge in [0.2, 0.25) is 0 Å². The summed E-state index contributed by atoms with van der Waals surface area (Å²) in [6.45, 7) is 4.14. The number of ether oxygens (including phenoxy) is 1. The van der Waals surface area contributed by atoms with E-state index in [0.717, 1.165) is 12.1 Å². The van der Waals surface area contributed by atoms with Gasteiger partial charge in [-0.2, -0.15) is 0 Å². The number of esters is 1.